The third kappa shape index (κ3) is 4.07. The van der Waals surface area contributed by atoms with Crippen molar-refractivity contribution in [3.63, 3.8) is 0 Å². The van der Waals surface area contributed by atoms with Crippen LogP contribution in [0, 0.1) is 0 Å². The second kappa shape index (κ2) is 9.37. The minimum Gasteiger partial charge on any atom is -0.378 e. The van der Waals surface area contributed by atoms with E-state index in [4.69, 9.17) is 9.72 Å². The predicted molar refractivity (Wildman–Crippen MR) is 151 cm³/mol. The average molecular weight is 536 g/mol. The highest BCUT2D eigenvalue weighted by Crippen LogP contribution is 2.35. The lowest BCUT2D eigenvalue weighted by Crippen LogP contribution is -2.36. The Hall–Kier alpha value is -4.47. The molecule has 1 aliphatic heterocycles. The highest BCUT2D eigenvalue weighted by atomic mass is 32.2. The molecule has 3 aromatic heterocycles. The first-order valence-corrected chi connectivity index (χ1v) is 14.2. The number of fused-ring (bicyclic) bond motifs is 2. The van der Waals surface area contributed by atoms with Gasteiger partial charge in [0.2, 0.25) is 0 Å². The monoisotopic (exact) mass is 535 g/mol. The Morgan fingerprint density at radius 1 is 0.744 bits per heavy atom. The molecule has 194 valence electrons. The van der Waals surface area contributed by atoms with Crippen molar-refractivity contribution in [2.75, 3.05) is 31.2 Å². The Labute approximate surface area is 225 Å². The van der Waals surface area contributed by atoms with Crippen LogP contribution in [0.3, 0.4) is 0 Å². The first-order valence-electron chi connectivity index (χ1n) is 12.8. The summed E-state index contributed by atoms with van der Waals surface area (Å²) in [6, 6.07) is 24.4. The molecule has 1 aliphatic rings. The van der Waals surface area contributed by atoms with Crippen LogP contribution in [0.4, 0.5) is 5.69 Å². The molecule has 4 heterocycles. The summed E-state index contributed by atoms with van der Waals surface area (Å²) in [6.45, 7) is 3.29. The lowest BCUT2D eigenvalue weighted by atomic mass is 10.1. The number of ether oxygens (including phenoxy) is 1. The molecule has 9 heteroatoms. The van der Waals surface area contributed by atoms with Crippen LogP contribution in [0.15, 0.2) is 109 Å². The van der Waals surface area contributed by atoms with Crippen molar-refractivity contribution in [3.05, 3.63) is 104 Å². The summed E-state index contributed by atoms with van der Waals surface area (Å²) >= 11 is 0. The number of para-hydroxylation sites is 1. The van der Waals surface area contributed by atoms with E-state index in [9.17, 15) is 8.42 Å². The normalized spacial score (nSPS) is 14.3. The fourth-order valence-electron chi connectivity index (χ4n) is 5.17. The smallest absolute Gasteiger partial charge is 0.268 e. The van der Waals surface area contributed by atoms with Gasteiger partial charge in [0.05, 0.1) is 29.8 Å². The Bertz CT molecular complexity index is 1910. The largest absolute Gasteiger partial charge is 0.378 e. The Balaban J connectivity index is 1.28. The van der Waals surface area contributed by atoms with Crippen molar-refractivity contribution in [1.29, 1.82) is 0 Å². The average Bonchev–Trinajstić information content (AvgIpc) is 3.60. The molecule has 0 spiro atoms. The van der Waals surface area contributed by atoms with Crippen LogP contribution >= 0.6 is 0 Å². The first kappa shape index (κ1) is 23.6. The van der Waals surface area contributed by atoms with E-state index < -0.39 is 10.0 Å². The van der Waals surface area contributed by atoms with Crippen LogP contribution in [0.2, 0.25) is 0 Å². The van der Waals surface area contributed by atoms with Crippen LogP contribution < -0.4 is 4.90 Å². The van der Waals surface area contributed by atoms with Gasteiger partial charge >= 0.3 is 0 Å². The number of benzene rings is 3. The van der Waals surface area contributed by atoms with Crippen LogP contribution in [-0.4, -0.2) is 53.3 Å². The van der Waals surface area contributed by atoms with Crippen LogP contribution in [-0.2, 0) is 14.8 Å². The van der Waals surface area contributed by atoms with Crippen molar-refractivity contribution in [1.82, 2.24) is 18.6 Å². The maximum Gasteiger partial charge on any atom is 0.268 e. The molecule has 3 aromatic carbocycles. The molecule has 0 saturated carbocycles. The van der Waals surface area contributed by atoms with Crippen LogP contribution in [0.5, 0.6) is 0 Å². The van der Waals surface area contributed by atoms with Gasteiger partial charge < -0.3 is 9.64 Å². The third-order valence-corrected chi connectivity index (χ3v) is 8.89. The number of anilines is 1. The maximum atomic E-state index is 13.5. The Morgan fingerprint density at radius 3 is 2.28 bits per heavy atom. The summed E-state index contributed by atoms with van der Waals surface area (Å²) in [4.78, 5) is 7.32. The number of morpholine rings is 1. The molecule has 0 atom stereocenters. The van der Waals surface area contributed by atoms with Gasteiger partial charge in [-0.3, -0.25) is 0 Å². The van der Waals surface area contributed by atoms with Gasteiger partial charge in [-0.2, -0.15) is 5.10 Å². The molecule has 0 amide bonds. The number of hydrogen-bond donors (Lipinski definition) is 0. The van der Waals surface area contributed by atoms with Gasteiger partial charge in [0.25, 0.3) is 10.0 Å². The zero-order valence-electron chi connectivity index (χ0n) is 21.0. The van der Waals surface area contributed by atoms with E-state index in [-0.39, 0.29) is 4.90 Å². The van der Waals surface area contributed by atoms with Gasteiger partial charge in [0.15, 0.2) is 5.65 Å². The number of hydrogen-bond acceptors (Lipinski definition) is 6. The first-order chi connectivity index (χ1) is 19.1. The molecular formula is C30H25N5O3S. The molecule has 39 heavy (non-hydrogen) atoms. The maximum absolute atomic E-state index is 13.5. The van der Waals surface area contributed by atoms with Crippen molar-refractivity contribution in [3.8, 4) is 22.3 Å². The molecule has 0 unspecified atom stereocenters. The van der Waals surface area contributed by atoms with Crippen LogP contribution in [0.25, 0.3) is 38.8 Å². The molecule has 0 aliphatic carbocycles. The molecule has 8 nitrogen and oxygen atoms in total. The Morgan fingerprint density at radius 2 is 1.49 bits per heavy atom. The van der Waals surface area contributed by atoms with E-state index in [0.717, 1.165) is 53.9 Å². The fraction of sp³-hybridized carbons (Fsp3) is 0.133. The SMILES string of the molecule is O=S(=O)(c1ccccc1)n1cc(-c2cnn3cc(-c4ccc(N5CCOCC5)cc4)cnc23)c2ccccc21. The fourth-order valence-corrected chi connectivity index (χ4v) is 6.56. The van der Waals surface area contributed by atoms with Gasteiger partial charge in [0, 0.05) is 59.4 Å². The minimum atomic E-state index is -3.79. The third-order valence-electron chi connectivity index (χ3n) is 7.20. The second-order valence-electron chi connectivity index (χ2n) is 9.49. The summed E-state index contributed by atoms with van der Waals surface area (Å²) in [7, 11) is -3.79. The van der Waals surface area contributed by atoms with Gasteiger partial charge in [0.1, 0.15) is 0 Å². The highest BCUT2D eigenvalue weighted by Gasteiger charge is 2.23. The van der Waals surface area contributed by atoms with E-state index in [0.29, 0.717) is 11.2 Å². The number of aromatic nitrogens is 4. The number of nitrogens with zero attached hydrogens (tertiary/aromatic N) is 5. The van der Waals surface area contributed by atoms with Crippen molar-refractivity contribution < 1.29 is 13.2 Å². The van der Waals surface area contributed by atoms with Gasteiger partial charge in [-0.25, -0.2) is 21.9 Å². The van der Waals surface area contributed by atoms with E-state index in [1.165, 1.54) is 9.66 Å². The zero-order chi connectivity index (χ0) is 26.4. The lowest BCUT2D eigenvalue weighted by Gasteiger charge is -2.28. The second-order valence-corrected chi connectivity index (χ2v) is 11.3. The molecule has 1 saturated heterocycles. The van der Waals surface area contributed by atoms with E-state index in [1.807, 2.05) is 36.7 Å². The molecule has 1 fully saturated rings. The molecular weight excluding hydrogens is 510 g/mol. The van der Waals surface area contributed by atoms with Gasteiger partial charge in [-0.05, 0) is 35.9 Å². The molecule has 0 N–H and O–H groups in total. The van der Waals surface area contributed by atoms with Gasteiger partial charge in [-0.15, -0.1) is 0 Å². The summed E-state index contributed by atoms with van der Waals surface area (Å²) in [5.41, 5.74) is 5.96. The minimum absolute atomic E-state index is 0.236. The van der Waals surface area contributed by atoms with Crippen molar-refractivity contribution >= 4 is 32.3 Å². The molecule has 0 radical (unpaired) electrons. The zero-order valence-corrected chi connectivity index (χ0v) is 21.8. The van der Waals surface area contributed by atoms with E-state index in [1.54, 1.807) is 47.2 Å². The van der Waals surface area contributed by atoms with Crippen molar-refractivity contribution in [2.24, 2.45) is 0 Å². The quantitative estimate of drug-likeness (QED) is 0.306. The van der Waals surface area contributed by atoms with Crippen molar-refractivity contribution in [2.45, 2.75) is 4.90 Å². The lowest BCUT2D eigenvalue weighted by molar-refractivity contribution is 0.122. The van der Waals surface area contributed by atoms with E-state index in [2.05, 4.69) is 34.3 Å². The van der Waals surface area contributed by atoms with Gasteiger partial charge in [-0.1, -0.05) is 48.5 Å². The summed E-state index contributed by atoms with van der Waals surface area (Å²) < 4.78 is 35.6. The topological polar surface area (TPSA) is 81.7 Å². The summed E-state index contributed by atoms with van der Waals surface area (Å²) in [5.74, 6) is 0. The Kier molecular flexibility index (Phi) is 5.68. The summed E-state index contributed by atoms with van der Waals surface area (Å²) in [6.07, 6.45) is 7.21. The van der Waals surface area contributed by atoms with Crippen LogP contribution in [0.1, 0.15) is 0 Å². The predicted octanol–water partition coefficient (Wildman–Crippen LogP) is 5.09. The van der Waals surface area contributed by atoms with E-state index >= 15 is 0 Å². The molecule has 7 rings (SSSR count). The summed E-state index contributed by atoms with van der Waals surface area (Å²) in [5, 5.41) is 5.40. The highest BCUT2D eigenvalue weighted by molar-refractivity contribution is 7.90. The molecule has 6 aromatic rings. The standard InChI is InChI=1S/C30H25N5O3S/c36-39(37,25-6-2-1-3-7-25)35-21-28(26-8-4-5-9-29(26)35)27-19-32-34-20-23(18-31-30(27)34)22-10-12-24(13-11-22)33-14-16-38-17-15-33/h1-13,18-21H,14-17H2. The molecule has 0 bridgehead atoms. The number of rotatable bonds is 5.